The summed E-state index contributed by atoms with van der Waals surface area (Å²) in [5, 5.41) is 3.59. The van der Waals surface area contributed by atoms with Crippen LogP contribution in [0, 0.1) is 12.8 Å². The van der Waals surface area contributed by atoms with E-state index in [1.54, 1.807) is 6.20 Å². The number of pyridine rings is 1. The van der Waals surface area contributed by atoms with Crippen LogP contribution < -0.4 is 5.32 Å². The Balaban J connectivity index is 1.58. The van der Waals surface area contributed by atoms with Crippen molar-refractivity contribution in [3.63, 3.8) is 0 Å². The maximum Gasteiger partial charge on any atom is 0.144 e. The lowest BCUT2D eigenvalue weighted by atomic mass is 9.72. The standard InChI is InChI=1S/C25H23N3O/c1-16-8-10-17(11-9-16)19-13-22-24(23(29)14-19)25(18-5-4-12-26-15-18)28-21-7-3-2-6-20(21)27-22/h2-12,15,19,24-25,28H,13-14H2,1H3/t19-,24?,25+/m1/s1. The zero-order valence-electron chi connectivity index (χ0n) is 16.4. The maximum atomic E-state index is 13.4. The largest absolute Gasteiger partial charge is 0.375 e. The van der Waals surface area contributed by atoms with Crippen LogP contribution in [-0.4, -0.2) is 16.5 Å². The molecule has 1 aromatic heterocycles. The fourth-order valence-electron chi connectivity index (χ4n) is 4.51. The summed E-state index contributed by atoms with van der Waals surface area (Å²) in [5.41, 5.74) is 6.30. The first kappa shape index (κ1) is 17.8. The molecule has 1 aliphatic carbocycles. The van der Waals surface area contributed by atoms with Crippen LogP contribution in [-0.2, 0) is 4.79 Å². The third-order valence-electron chi connectivity index (χ3n) is 6.01. The van der Waals surface area contributed by atoms with Crippen molar-refractivity contribution in [3.8, 4) is 0 Å². The van der Waals surface area contributed by atoms with Crippen molar-refractivity contribution >= 4 is 22.9 Å². The minimum absolute atomic E-state index is 0.155. The van der Waals surface area contributed by atoms with Gasteiger partial charge in [0.05, 0.1) is 23.3 Å². The molecule has 1 aliphatic heterocycles. The topological polar surface area (TPSA) is 54.4 Å². The fraction of sp³-hybridized carbons (Fsp3) is 0.240. The maximum absolute atomic E-state index is 13.4. The molecule has 2 aromatic carbocycles. The van der Waals surface area contributed by atoms with Crippen molar-refractivity contribution in [2.75, 3.05) is 5.32 Å². The number of hydrogen-bond acceptors (Lipinski definition) is 4. The summed E-state index contributed by atoms with van der Waals surface area (Å²) in [4.78, 5) is 22.7. The van der Waals surface area contributed by atoms with Crippen LogP contribution in [0.4, 0.5) is 11.4 Å². The lowest BCUT2D eigenvalue weighted by molar-refractivity contribution is -0.122. The number of nitrogens with zero attached hydrogens (tertiary/aromatic N) is 2. The summed E-state index contributed by atoms with van der Waals surface area (Å²) in [6.07, 6.45) is 4.95. The van der Waals surface area contributed by atoms with Crippen molar-refractivity contribution in [2.45, 2.75) is 31.7 Å². The van der Waals surface area contributed by atoms with Gasteiger partial charge in [-0.1, -0.05) is 48.0 Å². The Bertz CT molecular complexity index is 1070. The van der Waals surface area contributed by atoms with E-state index in [1.807, 2.05) is 42.6 Å². The predicted molar refractivity (Wildman–Crippen MR) is 116 cm³/mol. The highest BCUT2D eigenvalue weighted by molar-refractivity contribution is 6.10. The predicted octanol–water partition coefficient (Wildman–Crippen LogP) is 5.39. The second-order valence-corrected chi connectivity index (χ2v) is 7.99. The van der Waals surface area contributed by atoms with Crippen molar-refractivity contribution in [1.29, 1.82) is 0 Å². The molecular weight excluding hydrogens is 358 g/mol. The highest BCUT2D eigenvalue weighted by Crippen LogP contribution is 2.43. The average Bonchev–Trinajstić information content (AvgIpc) is 2.92. The van der Waals surface area contributed by atoms with E-state index in [9.17, 15) is 4.79 Å². The van der Waals surface area contributed by atoms with Crippen LogP contribution in [0.3, 0.4) is 0 Å². The van der Waals surface area contributed by atoms with Crippen LogP contribution in [0.1, 0.15) is 41.5 Å². The quantitative estimate of drug-likeness (QED) is 0.647. The second-order valence-electron chi connectivity index (χ2n) is 7.99. The van der Waals surface area contributed by atoms with E-state index in [1.165, 1.54) is 11.1 Å². The van der Waals surface area contributed by atoms with E-state index in [2.05, 4.69) is 41.5 Å². The number of ketones is 1. The van der Waals surface area contributed by atoms with Crippen molar-refractivity contribution in [2.24, 2.45) is 10.9 Å². The molecule has 0 radical (unpaired) electrons. The number of carbonyl (C=O) groups excluding carboxylic acids is 1. The number of rotatable bonds is 2. The van der Waals surface area contributed by atoms with Crippen molar-refractivity contribution in [3.05, 3.63) is 89.7 Å². The number of Topliss-reactive ketones (excluding diaryl/α,β-unsaturated/α-hetero) is 1. The number of carbonyl (C=O) groups is 1. The summed E-state index contributed by atoms with van der Waals surface area (Å²) in [6, 6.07) is 20.4. The van der Waals surface area contributed by atoms with Crippen LogP contribution in [0.5, 0.6) is 0 Å². The van der Waals surface area contributed by atoms with Gasteiger partial charge in [-0.15, -0.1) is 0 Å². The molecule has 29 heavy (non-hydrogen) atoms. The molecule has 0 saturated heterocycles. The minimum Gasteiger partial charge on any atom is -0.375 e. The van der Waals surface area contributed by atoms with Gasteiger partial charge in [-0.25, -0.2) is 0 Å². The van der Waals surface area contributed by atoms with Gasteiger partial charge in [0.1, 0.15) is 5.78 Å². The highest BCUT2D eigenvalue weighted by Gasteiger charge is 2.41. The molecule has 5 rings (SSSR count). The van der Waals surface area contributed by atoms with Crippen molar-refractivity contribution < 1.29 is 4.79 Å². The molecule has 0 bridgehead atoms. The Labute approximate surface area is 170 Å². The molecule has 2 heterocycles. The van der Waals surface area contributed by atoms with Gasteiger partial charge in [-0.2, -0.15) is 0 Å². The number of para-hydroxylation sites is 2. The number of benzene rings is 2. The van der Waals surface area contributed by atoms with E-state index < -0.39 is 0 Å². The third-order valence-corrected chi connectivity index (χ3v) is 6.01. The SMILES string of the molecule is Cc1ccc([C@H]2CC(=O)C3C(=Nc4ccccc4N[C@H]3c3cccnc3)C2)cc1. The summed E-state index contributed by atoms with van der Waals surface area (Å²) in [5.74, 6) is 0.154. The molecule has 1 unspecified atom stereocenters. The minimum atomic E-state index is -0.270. The number of aliphatic imine (C=N–C) groups is 1. The Kier molecular flexibility index (Phi) is 4.47. The van der Waals surface area contributed by atoms with Gasteiger partial charge in [0.2, 0.25) is 0 Å². The third kappa shape index (κ3) is 3.35. The van der Waals surface area contributed by atoms with Crippen molar-refractivity contribution in [1.82, 2.24) is 4.98 Å². The smallest absolute Gasteiger partial charge is 0.144 e. The molecule has 0 spiro atoms. The molecule has 144 valence electrons. The van der Waals surface area contributed by atoms with Crippen LogP contribution in [0.25, 0.3) is 0 Å². The van der Waals surface area contributed by atoms with E-state index in [0.717, 1.165) is 29.1 Å². The average molecular weight is 381 g/mol. The number of aryl methyl sites for hydroxylation is 1. The van der Waals surface area contributed by atoms with Gasteiger partial charge in [-0.3, -0.25) is 14.8 Å². The van der Waals surface area contributed by atoms with Crippen LogP contribution in [0.15, 0.2) is 78.0 Å². The summed E-state index contributed by atoms with van der Waals surface area (Å²) < 4.78 is 0. The first-order valence-electron chi connectivity index (χ1n) is 10.1. The number of fused-ring (bicyclic) bond motifs is 2. The van der Waals surface area contributed by atoms with E-state index in [4.69, 9.17) is 4.99 Å². The molecule has 0 amide bonds. The Morgan fingerprint density at radius 1 is 0.931 bits per heavy atom. The second kappa shape index (κ2) is 7.28. The molecule has 1 N–H and O–H groups in total. The van der Waals surface area contributed by atoms with E-state index in [0.29, 0.717) is 6.42 Å². The molecular formula is C25H23N3O. The lowest BCUT2D eigenvalue weighted by Gasteiger charge is -2.33. The summed E-state index contributed by atoms with van der Waals surface area (Å²) in [6.45, 7) is 2.09. The van der Waals surface area contributed by atoms with Gasteiger partial charge in [-0.05, 0) is 48.6 Å². The zero-order valence-corrected chi connectivity index (χ0v) is 16.4. The van der Waals surface area contributed by atoms with Crippen LogP contribution >= 0.6 is 0 Å². The molecule has 3 aromatic rings. The molecule has 1 fully saturated rings. The van der Waals surface area contributed by atoms with Gasteiger partial charge in [0.25, 0.3) is 0 Å². The molecule has 3 atom stereocenters. The Morgan fingerprint density at radius 3 is 2.55 bits per heavy atom. The van der Waals surface area contributed by atoms with Gasteiger partial charge in [0.15, 0.2) is 0 Å². The molecule has 2 aliphatic rings. The molecule has 4 heteroatoms. The van der Waals surface area contributed by atoms with Gasteiger partial charge < -0.3 is 5.32 Å². The highest BCUT2D eigenvalue weighted by atomic mass is 16.1. The van der Waals surface area contributed by atoms with Gasteiger partial charge in [0, 0.05) is 24.5 Å². The first-order valence-corrected chi connectivity index (χ1v) is 10.1. The first-order chi connectivity index (χ1) is 14.2. The Hall–Kier alpha value is -3.27. The molecule has 1 saturated carbocycles. The normalized spacial score (nSPS) is 23.3. The Morgan fingerprint density at radius 2 is 1.76 bits per heavy atom. The van der Waals surface area contributed by atoms with E-state index in [-0.39, 0.29) is 23.7 Å². The lowest BCUT2D eigenvalue weighted by Crippen LogP contribution is -2.38. The van der Waals surface area contributed by atoms with Crippen LogP contribution in [0.2, 0.25) is 0 Å². The summed E-state index contributed by atoms with van der Waals surface area (Å²) >= 11 is 0. The monoisotopic (exact) mass is 381 g/mol. The fourth-order valence-corrected chi connectivity index (χ4v) is 4.51. The number of aromatic nitrogens is 1. The number of anilines is 1. The van der Waals surface area contributed by atoms with Gasteiger partial charge >= 0.3 is 0 Å². The zero-order chi connectivity index (χ0) is 19.8. The molecule has 4 nitrogen and oxygen atoms in total. The number of hydrogen-bond donors (Lipinski definition) is 1. The summed E-state index contributed by atoms with van der Waals surface area (Å²) in [7, 11) is 0. The number of nitrogens with one attached hydrogen (secondary N) is 1. The van der Waals surface area contributed by atoms with E-state index >= 15 is 0 Å².